The van der Waals surface area contributed by atoms with E-state index in [-0.39, 0.29) is 6.54 Å². The number of nitrogens with one attached hydrogen (secondary N) is 1. The first-order chi connectivity index (χ1) is 6.79. The third-order valence-electron chi connectivity index (χ3n) is 1.71. The summed E-state index contributed by atoms with van der Waals surface area (Å²) < 4.78 is 25.7. The van der Waals surface area contributed by atoms with Gasteiger partial charge in [0.05, 0.1) is 0 Å². The molecule has 90 valence electrons. The van der Waals surface area contributed by atoms with Crippen LogP contribution in [0.1, 0.15) is 0 Å². The maximum Gasteiger partial charge on any atom is 0.318 e. The van der Waals surface area contributed by atoms with Gasteiger partial charge in [-0.05, 0) is 14.1 Å². The SMILES string of the molecule is CNS(=O)(=O)N(CCN(C)C)CC(=O)O. The second-order valence-electron chi connectivity index (χ2n) is 3.24. The van der Waals surface area contributed by atoms with Gasteiger partial charge in [-0.1, -0.05) is 0 Å². The van der Waals surface area contributed by atoms with Gasteiger partial charge in [0, 0.05) is 20.1 Å². The normalized spacial score (nSPS) is 12.3. The highest BCUT2D eigenvalue weighted by Crippen LogP contribution is 1.97. The maximum absolute atomic E-state index is 11.4. The first kappa shape index (κ1) is 14.3. The van der Waals surface area contributed by atoms with E-state index in [2.05, 4.69) is 4.72 Å². The smallest absolute Gasteiger partial charge is 0.318 e. The van der Waals surface area contributed by atoms with Crippen molar-refractivity contribution in [2.24, 2.45) is 0 Å². The van der Waals surface area contributed by atoms with Gasteiger partial charge in [-0.15, -0.1) is 0 Å². The molecule has 0 fully saturated rings. The lowest BCUT2D eigenvalue weighted by Crippen LogP contribution is -2.44. The van der Waals surface area contributed by atoms with E-state index < -0.39 is 22.7 Å². The summed E-state index contributed by atoms with van der Waals surface area (Å²) in [5, 5.41) is 8.56. The molecule has 15 heavy (non-hydrogen) atoms. The van der Waals surface area contributed by atoms with E-state index in [0.717, 1.165) is 4.31 Å². The molecule has 0 aromatic rings. The van der Waals surface area contributed by atoms with E-state index in [1.807, 2.05) is 0 Å². The fourth-order valence-electron chi connectivity index (χ4n) is 0.876. The van der Waals surface area contributed by atoms with Crippen molar-refractivity contribution in [3.05, 3.63) is 0 Å². The number of aliphatic carboxylic acids is 1. The van der Waals surface area contributed by atoms with Gasteiger partial charge in [0.1, 0.15) is 6.54 Å². The summed E-state index contributed by atoms with van der Waals surface area (Å²) in [7, 11) is 1.14. The lowest BCUT2D eigenvalue weighted by Gasteiger charge is -2.21. The van der Waals surface area contributed by atoms with Gasteiger partial charge < -0.3 is 10.0 Å². The van der Waals surface area contributed by atoms with Gasteiger partial charge in [-0.3, -0.25) is 4.79 Å². The molecule has 0 saturated heterocycles. The van der Waals surface area contributed by atoms with Crippen LogP contribution in [0.25, 0.3) is 0 Å². The van der Waals surface area contributed by atoms with Crippen LogP contribution >= 0.6 is 0 Å². The van der Waals surface area contributed by atoms with E-state index in [1.54, 1.807) is 19.0 Å². The van der Waals surface area contributed by atoms with E-state index in [9.17, 15) is 13.2 Å². The lowest BCUT2D eigenvalue weighted by atomic mass is 10.5. The molecule has 0 spiro atoms. The summed E-state index contributed by atoms with van der Waals surface area (Å²) in [5.41, 5.74) is 0. The number of hydrogen-bond donors (Lipinski definition) is 2. The van der Waals surface area contributed by atoms with Crippen molar-refractivity contribution < 1.29 is 18.3 Å². The number of carboxylic acids is 1. The maximum atomic E-state index is 11.4. The topological polar surface area (TPSA) is 90.0 Å². The summed E-state index contributed by atoms with van der Waals surface area (Å²) >= 11 is 0. The predicted molar refractivity (Wildman–Crippen MR) is 55.7 cm³/mol. The minimum Gasteiger partial charge on any atom is -0.480 e. The first-order valence-electron chi connectivity index (χ1n) is 4.34. The van der Waals surface area contributed by atoms with Crippen molar-refractivity contribution in [1.29, 1.82) is 0 Å². The second kappa shape index (κ2) is 6.01. The quantitative estimate of drug-likeness (QED) is 0.558. The first-order valence-corrected chi connectivity index (χ1v) is 5.78. The molecule has 0 aromatic carbocycles. The van der Waals surface area contributed by atoms with Gasteiger partial charge in [0.25, 0.3) is 10.2 Å². The van der Waals surface area contributed by atoms with Crippen LogP contribution in [0.2, 0.25) is 0 Å². The third-order valence-corrected chi connectivity index (χ3v) is 3.21. The van der Waals surface area contributed by atoms with Gasteiger partial charge in [0.15, 0.2) is 0 Å². The Morgan fingerprint density at radius 2 is 1.87 bits per heavy atom. The molecule has 7 nitrogen and oxygen atoms in total. The van der Waals surface area contributed by atoms with Gasteiger partial charge in [0.2, 0.25) is 0 Å². The lowest BCUT2D eigenvalue weighted by molar-refractivity contribution is -0.137. The van der Waals surface area contributed by atoms with Crippen LogP contribution in [-0.2, 0) is 15.0 Å². The molecule has 0 radical (unpaired) electrons. The fraction of sp³-hybridized carbons (Fsp3) is 0.857. The van der Waals surface area contributed by atoms with Gasteiger partial charge >= 0.3 is 5.97 Å². The highest BCUT2D eigenvalue weighted by molar-refractivity contribution is 7.87. The van der Waals surface area contributed by atoms with Crippen molar-refractivity contribution in [3.8, 4) is 0 Å². The Bertz CT molecular complexity index is 301. The molecule has 0 aliphatic heterocycles. The van der Waals surface area contributed by atoms with E-state index in [1.165, 1.54) is 7.05 Å². The molecule has 0 aromatic heterocycles. The molecule has 0 aliphatic carbocycles. The Morgan fingerprint density at radius 1 is 1.33 bits per heavy atom. The zero-order chi connectivity index (χ0) is 12.1. The molecule has 0 aliphatic rings. The van der Waals surface area contributed by atoms with Crippen molar-refractivity contribution in [1.82, 2.24) is 13.9 Å². The zero-order valence-electron chi connectivity index (χ0n) is 9.10. The van der Waals surface area contributed by atoms with Crippen molar-refractivity contribution in [3.63, 3.8) is 0 Å². The number of rotatable bonds is 7. The molecule has 0 atom stereocenters. The van der Waals surface area contributed by atoms with Crippen LogP contribution in [0, 0.1) is 0 Å². The highest BCUT2D eigenvalue weighted by atomic mass is 32.2. The summed E-state index contributed by atoms with van der Waals surface area (Å²) in [4.78, 5) is 12.2. The number of nitrogens with zero attached hydrogens (tertiary/aromatic N) is 2. The Hall–Kier alpha value is -0.700. The second-order valence-corrected chi connectivity index (χ2v) is 5.11. The molecule has 8 heteroatoms. The predicted octanol–water partition coefficient (Wildman–Crippen LogP) is -1.60. The van der Waals surface area contributed by atoms with Crippen LogP contribution in [0.5, 0.6) is 0 Å². The molecule has 0 amide bonds. The fourth-order valence-corrected chi connectivity index (χ4v) is 1.74. The van der Waals surface area contributed by atoms with E-state index in [4.69, 9.17) is 5.11 Å². The summed E-state index contributed by atoms with van der Waals surface area (Å²) in [6, 6.07) is 0. The van der Waals surface area contributed by atoms with Crippen LogP contribution in [0.3, 0.4) is 0 Å². The summed E-state index contributed by atoms with van der Waals surface area (Å²) in [6.07, 6.45) is 0. The average molecular weight is 239 g/mol. The van der Waals surface area contributed by atoms with Crippen LogP contribution in [0.15, 0.2) is 0 Å². The third kappa shape index (κ3) is 5.67. The molecular weight excluding hydrogens is 222 g/mol. The largest absolute Gasteiger partial charge is 0.480 e. The van der Waals surface area contributed by atoms with Crippen LogP contribution in [-0.4, -0.2) is 69.5 Å². The molecule has 2 N–H and O–H groups in total. The van der Waals surface area contributed by atoms with Crippen molar-refractivity contribution in [2.75, 3.05) is 40.8 Å². The highest BCUT2D eigenvalue weighted by Gasteiger charge is 2.22. The summed E-state index contributed by atoms with van der Waals surface area (Å²) in [6.45, 7) is 0.0771. The molecule has 0 rings (SSSR count). The average Bonchev–Trinajstić information content (AvgIpc) is 2.11. The van der Waals surface area contributed by atoms with Gasteiger partial charge in [-0.2, -0.15) is 12.7 Å². The van der Waals surface area contributed by atoms with Crippen LogP contribution in [0.4, 0.5) is 0 Å². The Kier molecular flexibility index (Phi) is 5.73. The number of likely N-dealkylation sites (N-methyl/N-ethyl adjacent to an activating group) is 1. The molecule has 0 bridgehead atoms. The monoisotopic (exact) mass is 239 g/mol. The number of carbonyl (C=O) groups is 1. The number of hydrogen-bond acceptors (Lipinski definition) is 4. The van der Waals surface area contributed by atoms with E-state index >= 15 is 0 Å². The standard InChI is InChI=1S/C7H17N3O4S/c1-8-15(13,14)10(6-7(11)12)5-4-9(2)3/h8H,4-6H2,1-3H3,(H,11,12). The zero-order valence-corrected chi connectivity index (χ0v) is 9.91. The minimum atomic E-state index is -3.68. The molecule has 0 heterocycles. The van der Waals surface area contributed by atoms with Gasteiger partial charge in [-0.25, -0.2) is 4.72 Å². The molecule has 0 saturated carbocycles. The summed E-state index contributed by atoms with van der Waals surface area (Å²) in [5.74, 6) is -1.17. The van der Waals surface area contributed by atoms with Crippen molar-refractivity contribution >= 4 is 16.2 Å². The molecule has 0 unspecified atom stereocenters. The minimum absolute atomic E-state index is 0.141. The van der Waals surface area contributed by atoms with E-state index in [0.29, 0.717) is 6.54 Å². The number of carboxylic acid groups (broad SMARTS) is 1. The molecular formula is C7H17N3O4S. The Labute approximate surface area is 89.9 Å². The Balaban J connectivity index is 4.52. The Morgan fingerprint density at radius 3 is 2.20 bits per heavy atom. The van der Waals surface area contributed by atoms with Crippen LogP contribution < -0.4 is 4.72 Å². The van der Waals surface area contributed by atoms with Crippen molar-refractivity contribution in [2.45, 2.75) is 0 Å².